The van der Waals surface area contributed by atoms with Crippen molar-refractivity contribution >= 4 is 25.4 Å². The quantitative estimate of drug-likeness (QED) is 0.177. The number of rotatable bonds is 10. The molecule has 10 nitrogen and oxygen atoms in total. The van der Waals surface area contributed by atoms with E-state index in [1.165, 1.54) is 32.1 Å². The zero-order valence-electron chi connectivity index (χ0n) is 20.8. The average molecular weight is 561 g/mol. The Hall–Kier alpha value is -0.801. The Morgan fingerprint density at radius 3 is 2.03 bits per heavy atom. The van der Waals surface area contributed by atoms with Crippen molar-refractivity contribution in [2.24, 2.45) is 17.6 Å². The number of aliphatic hydroxyl groups excluding tert-OH is 1. The number of aliphatic hydroxyl groups is 1. The van der Waals surface area contributed by atoms with E-state index in [1.807, 2.05) is 0 Å². The van der Waals surface area contributed by atoms with Gasteiger partial charge >= 0.3 is 5.97 Å². The molecule has 1 aliphatic heterocycles. The van der Waals surface area contributed by atoms with E-state index in [1.54, 1.807) is 0 Å². The Labute approximate surface area is 219 Å². The monoisotopic (exact) mass is 561 g/mol. The van der Waals surface area contributed by atoms with Gasteiger partial charge in [-0.3, -0.25) is 9.59 Å². The van der Waals surface area contributed by atoms with Crippen LogP contribution < -0.4 is 10.6 Å². The topological polar surface area (TPSA) is 159 Å². The molecule has 2 saturated carbocycles. The SMILES string of the molecule is C1CCCC1.CP(=O)([O-])OCC(CO)CCCCN.O=C(ON1C(=O)CCC1=O)C1CCCC1.[Fe]. The number of carbonyl (C=O) groups excluding carboxylic acids is 3. The third kappa shape index (κ3) is 15.8. The van der Waals surface area contributed by atoms with Gasteiger partial charge in [-0.25, -0.2) is 4.79 Å². The Bertz CT molecular complexity index is 642. The second kappa shape index (κ2) is 19.3. The van der Waals surface area contributed by atoms with E-state index in [0.29, 0.717) is 11.6 Å². The maximum atomic E-state index is 11.5. The van der Waals surface area contributed by atoms with Crippen molar-refractivity contribution < 1.29 is 55.4 Å². The molecule has 3 rings (SSSR count). The molecule has 206 valence electrons. The van der Waals surface area contributed by atoms with Crippen LogP contribution in [0.5, 0.6) is 0 Å². The molecule has 2 aliphatic carbocycles. The van der Waals surface area contributed by atoms with Crippen molar-refractivity contribution in [3.8, 4) is 0 Å². The zero-order chi connectivity index (χ0) is 25.4. The number of hydroxylamine groups is 2. The van der Waals surface area contributed by atoms with Crippen LogP contribution in [0.2, 0.25) is 0 Å². The average Bonchev–Trinajstić information content (AvgIpc) is 3.58. The Morgan fingerprint density at radius 2 is 1.60 bits per heavy atom. The van der Waals surface area contributed by atoms with Gasteiger partial charge in [0, 0.05) is 49.1 Å². The van der Waals surface area contributed by atoms with Gasteiger partial charge in [0.25, 0.3) is 11.8 Å². The van der Waals surface area contributed by atoms with E-state index in [9.17, 15) is 23.8 Å². The van der Waals surface area contributed by atoms with Gasteiger partial charge in [0.2, 0.25) is 0 Å². The predicted octanol–water partition coefficient (Wildman–Crippen LogP) is 2.66. The number of hydrogen-bond acceptors (Lipinski definition) is 9. The van der Waals surface area contributed by atoms with Crippen LogP contribution in [-0.2, 0) is 45.4 Å². The van der Waals surface area contributed by atoms with E-state index in [0.717, 1.165) is 51.6 Å². The summed E-state index contributed by atoms with van der Waals surface area (Å²) in [6.45, 7) is 1.66. The first-order chi connectivity index (χ1) is 16.2. The molecule has 12 heteroatoms. The summed E-state index contributed by atoms with van der Waals surface area (Å²) in [6.07, 6.45) is 13.9. The van der Waals surface area contributed by atoms with E-state index in [-0.39, 0.29) is 55.0 Å². The van der Waals surface area contributed by atoms with Gasteiger partial charge in [-0.1, -0.05) is 51.4 Å². The zero-order valence-corrected chi connectivity index (χ0v) is 22.8. The standard InChI is InChI=1S/C10H13NO4.C8H20NO4P.C5H10.Fe/c12-8-5-6-9(13)11(8)15-10(14)7-3-1-2-4-7;1-14(11,12)13-7-8(6-10)4-2-3-5-9;1-2-4-5-3-1;/h7H,1-6H2;8,10H,2-7,9H2,1H3,(H,11,12);1-5H2;/p-1. The van der Waals surface area contributed by atoms with Gasteiger partial charge in [0.05, 0.1) is 12.5 Å². The molecule has 1 heterocycles. The molecule has 2 amide bonds. The Kier molecular flexibility index (Phi) is 18.9. The molecule has 0 bridgehead atoms. The van der Waals surface area contributed by atoms with Crippen LogP contribution >= 0.6 is 7.60 Å². The number of nitrogens with zero attached hydrogens (tertiary/aromatic N) is 1. The second-order valence-electron chi connectivity index (χ2n) is 9.14. The third-order valence-electron chi connectivity index (χ3n) is 5.99. The maximum absolute atomic E-state index is 11.5. The van der Waals surface area contributed by atoms with Gasteiger partial charge in [0.1, 0.15) is 7.60 Å². The summed E-state index contributed by atoms with van der Waals surface area (Å²) in [5.74, 6) is -1.50. The summed E-state index contributed by atoms with van der Waals surface area (Å²) in [5.41, 5.74) is 5.31. The van der Waals surface area contributed by atoms with Crippen LogP contribution in [0.4, 0.5) is 0 Å². The van der Waals surface area contributed by atoms with Crippen molar-refractivity contribution in [1.82, 2.24) is 5.06 Å². The summed E-state index contributed by atoms with van der Waals surface area (Å²) >= 11 is 0. The number of nitrogens with two attached hydrogens (primary N) is 1. The van der Waals surface area contributed by atoms with Gasteiger partial charge < -0.3 is 29.7 Å². The van der Waals surface area contributed by atoms with Crippen molar-refractivity contribution in [2.75, 3.05) is 26.4 Å². The Morgan fingerprint density at radius 1 is 1.09 bits per heavy atom. The summed E-state index contributed by atoms with van der Waals surface area (Å²) < 4.78 is 15.3. The fraction of sp³-hybridized carbons (Fsp3) is 0.870. The number of amides is 2. The second-order valence-corrected chi connectivity index (χ2v) is 10.9. The number of carbonyl (C=O) groups is 3. The molecule has 2 atom stereocenters. The predicted molar refractivity (Wildman–Crippen MR) is 125 cm³/mol. The summed E-state index contributed by atoms with van der Waals surface area (Å²) in [5, 5.41) is 9.54. The molecule has 35 heavy (non-hydrogen) atoms. The van der Waals surface area contributed by atoms with E-state index in [4.69, 9.17) is 15.7 Å². The van der Waals surface area contributed by atoms with Crippen LogP contribution in [0.15, 0.2) is 0 Å². The normalized spacial score (nSPS) is 20.2. The molecule has 3 aliphatic rings. The Balaban J connectivity index is 0.000000539. The molecule has 0 spiro atoms. The first-order valence-corrected chi connectivity index (χ1v) is 14.5. The van der Waals surface area contributed by atoms with Crippen LogP contribution in [0.1, 0.15) is 89.9 Å². The van der Waals surface area contributed by atoms with E-state index < -0.39 is 25.4 Å². The molecule has 3 N–H and O–H groups in total. The van der Waals surface area contributed by atoms with Crippen LogP contribution in [0.25, 0.3) is 0 Å². The molecule has 0 radical (unpaired) electrons. The van der Waals surface area contributed by atoms with Crippen molar-refractivity contribution in [3.63, 3.8) is 0 Å². The van der Waals surface area contributed by atoms with Gasteiger partial charge in [0.15, 0.2) is 0 Å². The fourth-order valence-corrected chi connectivity index (χ4v) is 4.39. The third-order valence-corrected chi connectivity index (χ3v) is 6.61. The van der Waals surface area contributed by atoms with Gasteiger partial charge in [-0.2, -0.15) is 0 Å². The smallest absolute Gasteiger partial charge is 0.336 e. The van der Waals surface area contributed by atoms with Gasteiger partial charge in [-0.15, -0.1) is 5.06 Å². The number of unbranched alkanes of at least 4 members (excludes halogenated alkanes) is 1. The van der Waals surface area contributed by atoms with Crippen LogP contribution in [0.3, 0.4) is 0 Å². The minimum Gasteiger partial charge on any atom is -0.779 e. The molecular weight excluding hydrogens is 519 g/mol. The molecule has 1 saturated heterocycles. The minimum atomic E-state index is -3.66. The molecule has 3 fully saturated rings. The van der Waals surface area contributed by atoms with E-state index >= 15 is 0 Å². The fourth-order valence-electron chi connectivity index (χ4n) is 3.91. The molecule has 2 unspecified atom stereocenters. The van der Waals surface area contributed by atoms with Crippen molar-refractivity contribution in [3.05, 3.63) is 0 Å². The first kappa shape index (κ1) is 34.2. The largest absolute Gasteiger partial charge is 0.779 e. The van der Waals surface area contributed by atoms with Crippen molar-refractivity contribution in [2.45, 2.75) is 89.9 Å². The van der Waals surface area contributed by atoms with Crippen LogP contribution in [-0.4, -0.2) is 54.4 Å². The van der Waals surface area contributed by atoms with E-state index in [2.05, 4.69) is 4.52 Å². The maximum Gasteiger partial charge on any atom is 0.336 e. The summed E-state index contributed by atoms with van der Waals surface area (Å²) in [7, 11) is -3.66. The molecule has 0 aromatic heterocycles. The molecular formula is C23H42FeN2O8P-. The molecule has 0 aromatic carbocycles. The van der Waals surface area contributed by atoms with Crippen LogP contribution in [0, 0.1) is 11.8 Å². The summed E-state index contributed by atoms with van der Waals surface area (Å²) in [4.78, 5) is 49.4. The summed E-state index contributed by atoms with van der Waals surface area (Å²) in [6, 6.07) is 0. The van der Waals surface area contributed by atoms with Gasteiger partial charge in [-0.05, 0) is 32.2 Å². The minimum absolute atomic E-state index is 0. The van der Waals surface area contributed by atoms with Crippen molar-refractivity contribution in [1.29, 1.82) is 0 Å². The number of imide groups is 1. The molecule has 0 aromatic rings. The first-order valence-electron chi connectivity index (χ1n) is 12.5. The number of hydrogen-bond donors (Lipinski definition) is 2.